The van der Waals surface area contributed by atoms with Gasteiger partial charge in [0.2, 0.25) is 0 Å². The van der Waals surface area contributed by atoms with Crippen LogP contribution in [0.3, 0.4) is 0 Å². The zero-order chi connectivity index (χ0) is 15.7. The van der Waals surface area contributed by atoms with Crippen molar-refractivity contribution in [3.05, 3.63) is 65.2 Å². The highest BCUT2D eigenvalue weighted by Crippen LogP contribution is 2.21. The summed E-state index contributed by atoms with van der Waals surface area (Å²) >= 11 is 0. The Hall–Kier alpha value is -2.43. The predicted octanol–water partition coefficient (Wildman–Crippen LogP) is 3.18. The van der Waals surface area contributed by atoms with Gasteiger partial charge in [-0.2, -0.15) is 0 Å². The summed E-state index contributed by atoms with van der Waals surface area (Å²) in [5.41, 5.74) is 1.73. The van der Waals surface area contributed by atoms with Gasteiger partial charge in [0.05, 0.1) is 13.1 Å². The summed E-state index contributed by atoms with van der Waals surface area (Å²) in [5, 5.41) is 0. The summed E-state index contributed by atoms with van der Waals surface area (Å²) in [6.45, 7) is 2.83. The van der Waals surface area contributed by atoms with Gasteiger partial charge in [-0.25, -0.2) is 8.78 Å². The second-order valence-corrected chi connectivity index (χ2v) is 5.39. The first kappa shape index (κ1) is 14.5. The van der Waals surface area contributed by atoms with Crippen LogP contribution in [0.2, 0.25) is 0 Å². The monoisotopic (exact) mass is 303 g/mol. The van der Waals surface area contributed by atoms with Crippen LogP contribution in [0.1, 0.15) is 15.9 Å². The van der Waals surface area contributed by atoms with E-state index in [9.17, 15) is 13.6 Å². The summed E-state index contributed by atoms with van der Waals surface area (Å²) < 4.78 is 31.4. The second kappa shape index (κ2) is 5.75. The minimum atomic E-state index is -0.940. The van der Waals surface area contributed by atoms with Crippen LogP contribution in [0, 0.1) is 18.6 Å². The maximum absolute atomic E-state index is 13.1. The summed E-state index contributed by atoms with van der Waals surface area (Å²) in [5.74, 6) is -1.63. The minimum absolute atomic E-state index is 0.0508. The molecule has 3 rings (SSSR count). The Morgan fingerprint density at radius 2 is 1.77 bits per heavy atom. The third-order valence-electron chi connectivity index (χ3n) is 3.63. The highest BCUT2D eigenvalue weighted by atomic mass is 19.2. The fourth-order valence-corrected chi connectivity index (χ4v) is 2.30. The number of halogens is 2. The molecule has 22 heavy (non-hydrogen) atoms. The molecule has 1 fully saturated rings. The first-order valence-electron chi connectivity index (χ1n) is 7.00. The third-order valence-corrected chi connectivity index (χ3v) is 3.63. The number of aryl methyl sites for hydroxylation is 1. The lowest BCUT2D eigenvalue weighted by molar-refractivity contribution is 0.0176. The van der Waals surface area contributed by atoms with Gasteiger partial charge in [0.25, 0.3) is 5.91 Å². The Morgan fingerprint density at radius 3 is 2.41 bits per heavy atom. The SMILES string of the molecule is Cc1ccc(C(=O)N2CC(Oc3ccc(F)c(F)c3)C2)cc1. The van der Waals surface area contributed by atoms with Crippen molar-refractivity contribution in [1.29, 1.82) is 0 Å². The molecule has 0 radical (unpaired) electrons. The minimum Gasteiger partial charge on any atom is -0.487 e. The van der Waals surface area contributed by atoms with Gasteiger partial charge in [-0.05, 0) is 31.2 Å². The number of rotatable bonds is 3. The summed E-state index contributed by atoms with van der Waals surface area (Å²) in [6, 6.07) is 10.8. The highest BCUT2D eigenvalue weighted by molar-refractivity contribution is 5.94. The molecule has 0 unspecified atom stereocenters. The molecule has 0 atom stereocenters. The number of carbonyl (C=O) groups excluding carboxylic acids is 1. The van der Waals surface area contributed by atoms with Crippen molar-refractivity contribution in [2.24, 2.45) is 0 Å². The lowest BCUT2D eigenvalue weighted by Gasteiger charge is -2.39. The van der Waals surface area contributed by atoms with E-state index in [2.05, 4.69) is 0 Å². The average molecular weight is 303 g/mol. The largest absolute Gasteiger partial charge is 0.487 e. The van der Waals surface area contributed by atoms with Crippen molar-refractivity contribution in [3.63, 3.8) is 0 Å². The van der Waals surface area contributed by atoms with Crippen molar-refractivity contribution in [2.45, 2.75) is 13.0 Å². The molecule has 1 aliphatic heterocycles. The number of hydrogen-bond donors (Lipinski definition) is 0. The standard InChI is InChI=1S/C17H15F2NO2/c1-11-2-4-12(5-3-11)17(21)20-9-14(10-20)22-13-6-7-15(18)16(19)8-13/h2-8,14H,9-10H2,1H3. The van der Waals surface area contributed by atoms with Crippen LogP contribution >= 0.6 is 0 Å². The quantitative estimate of drug-likeness (QED) is 0.871. The van der Waals surface area contributed by atoms with E-state index in [1.165, 1.54) is 6.07 Å². The number of benzene rings is 2. The van der Waals surface area contributed by atoms with E-state index in [0.717, 1.165) is 17.7 Å². The fraction of sp³-hybridized carbons (Fsp3) is 0.235. The molecule has 0 saturated carbocycles. The molecule has 5 heteroatoms. The van der Waals surface area contributed by atoms with Crippen molar-refractivity contribution in [1.82, 2.24) is 4.90 Å². The molecule has 1 aliphatic rings. The molecule has 1 saturated heterocycles. The average Bonchev–Trinajstić information content (AvgIpc) is 2.46. The highest BCUT2D eigenvalue weighted by Gasteiger charge is 2.32. The van der Waals surface area contributed by atoms with E-state index in [4.69, 9.17) is 4.74 Å². The molecule has 0 aliphatic carbocycles. The van der Waals surface area contributed by atoms with Gasteiger partial charge in [0.15, 0.2) is 11.6 Å². The van der Waals surface area contributed by atoms with E-state index in [1.54, 1.807) is 17.0 Å². The van der Waals surface area contributed by atoms with Gasteiger partial charge in [-0.15, -0.1) is 0 Å². The van der Waals surface area contributed by atoms with E-state index in [0.29, 0.717) is 18.7 Å². The molecular formula is C17H15F2NO2. The van der Waals surface area contributed by atoms with Crippen LogP contribution in [0.4, 0.5) is 8.78 Å². The summed E-state index contributed by atoms with van der Waals surface area (Å²) in [7, 11) is 0. The van der Waals surface area contributed by atoms with Crippen molar-refractivity contribution >= 4 is 5.91 Å². The van der Waals surface area contributed by atoms with Gasteiger partial charge in [0.1, 0.15) is 11.9 Å². The maximum atomic E-state index is 13.1. The zero-order valence-corrected chi connectivity index (χ0v) is 12.1. The topological polar surface area (TPSA) is 29.5 Å². The second-order valence-electron chi connectivity index (χ2n) is 5.39. The van der Waals surface area contributed by atoms with Crippen LogP contribution in [0.15, 0.2) is 42.5 Å². The van der Waals surface area contributed by atoms with Gasteiger partial charge >= 0.3 is 0 Å². The lowest BCUT2D eigenvalue weighted by atomic mass is 10.1. The molecule has 0 bridgehead atoms. The Balaban J connectivity index is 1.56. The molecule has 2 aromatic rings. The Bertz CT molecular complexity index is 694. The van der Waals surface area contributed by atoms with Gasteiger partial charge in [-0.1, -0.05) is 17.7 Å². The lowest BCUT2D eigenvalue weighted by Crippen LogP contribution is -2.56. The Labute approximate surface area is 127 Å². The summed E-state index contributed by atoms with van der Waals surface area (Å²) in [6.07, 6.45) is -0.195. The van der Waals surface area contributed by atoms with Crippen LogP contribution in [-0.2, 0) is 0 Å². The zero-order valence-electron chi connectivity index (χ0n) is 12.1. The number of hydrogen-bond acceptors (Lipinski definition) is 2. The molecule has 114 valence electrons. The number of likely N-dealkylation sites (tertiary alicyclic amines) is 1. The molecule has 0 aromatic heterocycles. The summed E-state index contributed by atoms with van der Waals surface area (Å²) in [4.78, 5) is 13.9. The third kappa shape index (κ3) is 2.93. The van der Waals surface area contributed by atoms with Crippen molar-refractivity contribution in [2.75, 3.05) is 13.1 Å². The molecular weight excluding hydrogens is 288 g/mol. The van der Waals surface area contributed by atoms with Crippen LogP contribution in [0.25, 0.3) is 0 Å². The molecule has 1 heterocycles. The van der Waals surface area contributed by atoms with E-state index >= 15 is 0 Å². The van der Waals surface area contributed by atoms with Crippen LogP contribution in [-0.4, -0.2) is 30.0 Å². The number of nitrogens with zero attached hydrogens (tertiary/aromatic N) is 1. The fourth-order valence-electron chi connectivity index (χ4n) is 2.30. The van der Waals surface area contributed by atoms with Gasteiger partial charge < -0.3 is 9.64 Å². The van der Waals surface area contributed by atoms with Crippen molar-refractivity contribution in [3.8, 4) is 5.75 Å². The normalized spacial score (nSPS) is 14.6. The molecule has 3 nitrogen and oxygen atoms in total. The molecule has 2 aromatic carbocycles. The first-order valence-corrected chi connectivity index (χ1v) is 7.00. The maximum Gasteiger partial charge on any atom is 0.254 e. The predicted molar refractivity (Wildman–Crippen MR) is 77.9 cm³/mol. The van der Waals surface area contributed by atoms with E-state index in [-0.39, 0.29) is 17.8 Å². The van der Waals surface area contributed by atoms with Crippen molar-refractivity contribution < 1.29 is 18.3 Å². The molecule has 0 spiro atoms. The molecule has 0 N–H and O–H groups in total. The van der Waals surface area contributed by atoms with E-state index < -0.39 is 11.6 Å². The number of ether oxygens (including phenoxy) is 1. The number of amides is 1. The first-order chi connectivity index (χ1) is 10.5. The molecule has 1 amide bonds. The van der Waals surface area contributed by atoms with E-state index in [1.807, 2.05) is 19.1 Å². The smallest absolute Gasteiger partial charge is 0.254 e. The van der Waals surface area contributed by atoms with Crippen LogP contribution < -0.4 is 4.74 Å². The van der Waals surface area contributed by atoms with Gasteiger partial charge in [-0.3, -0.25) is 4.79 Å². The van der Waals surface area contributed by atoms with Gasteiger partial charge in [0, 0.05) is 11.6 Å². The Kier molecular flexibility index (Phi) is 3.79. The Morgan fingerprint density at radius 1 is 1.09 bits per heavy atom. The number of carbonyl (C=O) groups is 1. The van der Waals surface area contributed by atoms with Crippen LogP contribution in [0.5, 0.6) is 5.75 Å².